The van der Waals surface area contributed by atoms with Crippen LogP contribution in [0.4, 0.5) is 5.69 Å². The zero-order chi connectivity index (χ0) is 18.6. The van der Waals surface area contributed by atoms with Crippen LogP contribution in [0.2, 0.25) is 0 Å². The number of aromatic nitrogens is 2. The maximum atomic E-state index is 12.9. The Balaban J connectivity index is 1.73. The Morgan fingerprint density at radius 3 is 2.44 bits per heavy atom. The van der Waals surface area contributed by atoms with Crippen LogP contribution in [0.1, 0.15) is 10.4 Å². The van der Waals surface area contributed by atoms with Crippen molar-refractivity contribution >= 4 is 22.5 Å². The number of benzene rings is 3. The van der Waals surface area contributed by atoms with E-state index in [1.807, 2.05) is 42.5 Å². The highest BCUT2D eigenvalue weighted by atomic mass is 16.5. The van der Waals surface area contributed by atoms with Gasteiger partial charge in [0.05, 0.1) is 18.3 Å². The van der Waals surface area contributed by atoms with E-state index in [9.17, 15) is 4.79 Å². The van der Waals surface area contributed by atoms with Gasteiger partial charge in [0.2, 0.25) is 0 Å². The first kappa shape index (κ1) is 16.7. The van der Waals surface area contributed by atoms with E-state index in [0.29, 0.717) is 11.3 Å². The molecule has 0 aliphatic heterocycles. The summed E-state index contributed by atoms with van der Waals surface area (Å²) in [6.45, 7) is 0. The number of nitrogens with one attached hydrogen (secondary N) is 1. The standard InChI is InChI=1S/C22H17N3O2/c1-27-16-12-10-15(11-13-16)25-22(26)18-7-3-2-6-17(18)21-19-8-4-5-9-20(19)23-14-24-21/h2-14H,1H3,(H,25,26). The molecule has 4 rings (SSSR count). The number of carbonyl (C=O) groups excluding carboxylic acids is 1. The van der Waals surface area contributed by atoms with Crippen LogP contribution in [0.5, 0.6) is 5.75 Å². The van der Waals surface area contributed by atoms with Gasteiger partial charge in [0.15, 0.2) is 0 Å². The highest BCUT2D eigenvalue weighted by Gasteiger charge is 2.15. The Labute approximate surface area is 156 Å². The number of ether oxygens (including phenoxy) is 1. The lowest BCUT2D eigenvalue weighted by molar-refractivity contribution is 0.102. The summed E-state index contributed by atoms with van der Waals surface area (Å²) in [4.78, 5) is 21.7. The van der Waals surface area contributed by atoms with E-state index in [1.165, 1.54) is 6.33 Å². The minimum Gasteiger partial charge on any atom is -0.497 e. The van der Waals surface area contributed by atoms with E-state index in [1.54, 1.807) is 37.4 Å². The Hall–Kier alpha value is -3.73. The summed E-state index contributed by atoms with van der Waals surface area (Å²) < 4.78 is 5.15. The second-order valence-electron chi connectivity index (χ2n) is 5.97. The molecule has 0 spiro atoms. The molecule has 0 unspecified atom stereocenters. The summed E-state index contributed by atoms with van der Waals surface area (Å²) in [6, 6.07) is 22.4. The van der Waals surface area contributed by atoms with Crippen molar-refractivity contribution in [1.82, 2.24) is 9.97 Å². The number of para-hydroxylation sites is 1. The number of amides is 1. The molecule has 0 aliphatic rings. The molecule has 0 atom stereocenters. The molecule has 5 heteroatoms. The predicted octanol–water partition coefficient (Wildman–Crippen LogP) is 4.56. The minimum absolute atomic E-state index is 0.196. The van der Waals surface area contributed by atoms with Crippen molar-refractivity contribution in [3.8, 4) is 17.0 Å². The molecular weight excluding hydrogens is 338 g/mol. The van der Waals surface area contributed by atoms with Gasteiger partial charge in [-0.05, 0) is 36.4 Å². The SMILES string of the molecule is COc1ccc(NC(=O)c2ccccc2-c2ncnc3ccccc23)cc1. The van der Waals surface area contributed by atoms with Crippen LogP contribution >= 0.6 is 0 Å². The molecule has 0 fully saturated rings. The van der Waals surface area contributed by atoms with Crippen LogP contribution in [0.25, 0.3) is 22.2 Å². The Morgan fingerprint density at radius 2 is 1.63 bits per heavy atom. The molecule has 1 heterocycles. The van der Waals surface area contributed by atoms with Gasteiger partial charge in [0.1, 0.15) is 12.1 Å². The molecule has 132 valence electrons. The first-order valence-corrected chi connectivity index (χ1v) is 8.51. The van der Waals surface area contributed by atoms with Crippen LogP contribution in [-0.2, 0) is 0 Å². The third kappa shape index (κ3) is 3.35. The molecule has 5 nitrogen and oxygen atoms in total. The molecule has 1 aromatic heterocycles. The monoisotopic (exact) mass is 355 g/mol. The van der Waals surface area contributed by atoms with Gasteiger partial charge in [-0.2, -0.15) is 0 Å². The molecule has 0 bridgehead atoms. The number of hydrogen-bond donors (Lipinski definition) is 1. The summed E-state index contributed by atoms with van der Waals surface area (Å²) in [5, 5.41) is 3.84. The molecular formula is C22H17N3O2. The molecule has 1 amide bonds. The Kier molecular flexibility index (Phi) is 4.49. The fourth-order valence-corrected chi connectivity index (χ4v) is 2.98. The van der Waals surface area contributed by atoms with Crippen LogP contribution in [0.3, 0.4) is 0 Å². The molecule has 27 heavy (non-hydrogen) atoms. The molecule has 4 aromatic rings. The number of rotatable bonds is 4. The average molecular weight is 355 g/mol. The Bertz CT molecular complexity index is 1100. The van der Waals surface area contributed by atoms with Gasteiger partial charge in [-0.25, -0.2) is 9.97 Å². The summed E-state index contributed by atoms with van der Waals surface area (Å²) >= 11 is 0. The van der Waals surface area contributed by atoms with Gasteiger partial charge in [-0.15, -0.1) is 0 Å². The second kappa shape index (κ2) is 7.25. The van der Waals surface area contributed by atoms with Crippen molar-refractivity contribution < 1.29 is 9.53 Å². The van der Waals surface area contributed by atoms with Gasteiger partial charge < -0.3 is 10.1 Å². The largest absolute Gasteiger partial charge is 0.497 e. The van der Waals surface area contributed by atoms with Crippen LogP contribution in [0, 0.1) is 0 Å². The molecule has 3 aromatic carbocycles. The van der Waals surface area contributed by atoms with Gasteiger partial charge in [0, 0.05) is 22.2 Å². The van der Waals surface area contributed by atoms with Crippen molar-refractivity contribution in [1.29, 1.82) is 0 Å². The quantitative estimate of drug-likeness (QED) is 0.583. The van der Waals surface area contributed by atoms with Crippen LogP contribution < -0.4 is 10.1 Å². The van der Waals surface area contributed by atoms with Crippen molar-refractivity contribution in [2.45, 2.75) is 0 Å². The summed E-state index contributed by atoms with van der Waals surface area (Å²) in [5.41, 5.74) is 3.59. The number of methoxy groups -OCH3 is 1. The van der Waals surface area contributed by atoms with Gasteiger partial charge >= 0.3 is 0 Å². The maximum absolute atomic E-state index is 12.9. The number of carbonyl (C=O) groups is 1. The van der Waals surface area contributed by atoms with Crippen LogP contribution in [-0.4, -0.2) is 23.0 Å². The number of anilines is 1. The third-order valence-corrected chi connectivity index (χ3v) is 4.32. The first-order valence-electron chi connectivity index (χ1n) is 8.51. The lowest BCUT2D eigenvalue weighted by Gasteiger charge is -2.11. The van der Waals surface area contributed by atoms with Crippen molar-refractivity contribution in [3.63, 3.8) is 0 Å². The summed E-state index contributed by atoms with van der Waals surface area (Å²) in [7, 11) is 1.61. The normalized spacial score (nSPS) is 10.6. The predicted molar refractivity (Wildman–Crippen MR) is 106 cm³/mol. The molecule has 0 aliphatic carbocycles. The van der Waals surface area contributed by atoms with Gasteiger partial charge in [-0.3, -0.25) is 4.79 Å². The topological polar surface area (TPSA) is 64.1 Å². The zero-order valence-electron chi connectivity index (χ0n) is 14.7. The van der Waals surface area contributed by atoms with E-state index >= 15 is 0 Å². The number of fused-ring (bicyclic) bond motifs is 1. The Morgan fingerprint density at radius 1 is 0.889 bits per heavy atom. The van der Waals surface area contributed by atoms with Crippen molar-refractivity contribution in [2.75, 3.05) is 12.4 Å². The lowest BCUT2D eigenvalue weighted by Crippen LogP contribution is -2.13. The number of hydrogen-bond acceptors (Lipinski definition) is 4. The van der Waals surface area contributed by atoms with E-state index in [2.05, 4.69) is 15.3 Å². The fourth-order valence-electron chi connectivity index (χ4n) is 2.98. The average Bonchev–Trinajstić information content (AvgIpc) is 2.74. The lowest BCUT2D eigenvalue weighted by atomic mass is 10.0. The second-order valence-corrected chi connectivity index (χ2v) is 5.97. The molecule has 0 radical (unpaired) electrons. The fraction of sp³-hybridized carbons (Fsp3) is 0.0455. The minimum atomic E-state index is -0.196. The zero-order valence-corrected chi connectivity index (χ0v) is 14.7. The third-order valence-electron chi connectivity index (χ3n) is 4.32. The van der Waals surface area contributed by atoms with E-state index in [4.69, 9.17) is 4.74 Å². The van der Waals surface area contributed by atoms with Crippen LogP contribution in [0.15, 0.2) is 79.1 Å². The molecule has 0 saturated heterocycles. The van der Waals surface area contributed by atoms with Gasteiger partial charge in [-0.1, -0.05) is 36.4 Å². The van der Waals surface area contributed by atoms with E-state index in [-0.39, 0.29) is 5.91 Å². The smallest absolute Gasteiger partial charge is 0.256 e. The maximum Gasteiger partial charge on any atom is 0.256 e. The summed E-state index contributed by atoms with van der Waals surface area (Å²) in [5.74, 6) is 0.541. The molecule has 0 saturated carbocycles. The van der Waals surface area contributed by atoms with E-state index < -0.39 is 0 Å². The molecule has 1 N–H and O–H groups in total. The van der Waals surface area contributed by atoms with Crippen molar-refractivity contribution in [3.05, 3.63) is 84.7 Å². The summed E-state index contributed by atoms with van der Waals surface area (Å²) in [6.07, 6.45) is 1.52. The highest BCUT2D eigenvalue weighted by Crippen LogP contribution is 2.28. The highest BCUT2D eigenvalue weighted by molar-refractivity contribution is 6.10. The van der Waals surface area contributed by atoms with E-state index in [0.717, 1.165) is 27.9 Å². The number of nitrogens with zero attached hydrogens (tertiary/aromatic N) is 2. The van der Waals surface area contributed by atoms with Gasteiger partial charge in [0.25, 0.3) is 5.91 Å². The van der Waals surface area contributed by atoms with Crippen molar-refractivity contribution in [2.24, 2.45) is 0 Å². The first-order chi connectivity index (χ1) is 13.3.